The Morgan fingerprint density at radius 3 is 2.46 bits per heavy atom. The lowest BCUT2D eigenvalue weighted by molar-refractivity contribution is -0.117. The summed E-state index contributed by atoms with van der Waals surface area (Å²) in [6, 6.07) is 5.64. The van der Waals surface area contributed by atoms with Crippen LogP contribution in [0.2, 0.25) is 0 Å². The minimum atomic E-state index is -0.287. The van der Waals surface area contributed by atoms with Crippen LogP contribution < -0.4 is 5.73 Å². The van der Waals surface area contributed by atoms with Gasteiger partial charge in [-0.2, -0.15) is 12.6 Å². The van der Waals surface area contributed by atoms with Crippen LogP contribution in [0.1, 0.15) is 6.42 Å². The van der Waals surface area contributed by atoms with Gasteiger partial charge < -0.3 is 10.7 Å². The van der Waals surface area contributed by atoms with E-state index < -0.39 is 0 Å². The van der Waals surface area contributed by atoms with Gasteiger partial charge in [0.25, 0.3) is 0 Å². The van der Waals surface area contributed by atoms with E-state index in [9.17, 15) is 4.79 Å². The zero-order chi connectivity index (χ0) is 10.1. The minimum Gasteiger partial charge on any atom is -0.370 e. The maximum atomic E-state index is 9.77. The van der Waals surface area contributed by atoms with Gasteiger partial charge in [-0.25, -0.2) is 0 Å². The number of thiol groups is 1. The monoisotopic (exact) mass is 216 g/mol. The van der Waals surface area contributed by atoms with Crippen LogP contribution in [-0.2, 0) is 4.79 Å². The van der Waals surface area contributed by atoms with Crippen molar-refractivity contribution in [2.24, 2.45) is 5.73 Å². The van der Waals surface area contributed by atoms with Crippen molar-refractivity contribution in [3.63, 3.8) is 0 Å². The summed E-state index contributed by atoms with van der Waals surface area (Å²) in [5, 5.41) is 0. The summed E-state index contributed by atoms with van der Waals surface area (Å²) >= 11 is 8.52. The zero-order valence-corrected chi connectivity index (χ0v) is 8.78. The third-order valence-electron chi connectivity index (χ3n) is 1.04. The van der Waals surface area contributed by atoms with Crippen molar-refractivity contribution in [3.05, 3.63) is 29.0 Å². The molecule has 1 rings (SSSR count). The van der Waals surface area contributed by atoms with Crippen LogP contribution in [0.25, 0.3) is 0 Å². The maximum absolute atomic E-state index is 9.77. The highest BCUT2D eigenvalue weighted by Gasteiger charge is 1.85. The highest BCUT2D eigenvalue weighted by Crippen LogP contribution is 1.80. The predicted molar refractivity (Wildman–Crippen MR) is 59.3 cm³/mol. The van der Waals surface area contributed by atoms with Gasteiger partial charge in [0, 0.05) is 12.6 Å². The van der Waals surface area contributed by atoms with Crippen LogP contribution in [0.4, 0.5) is 0 Å². The van der Waals surface area contributed by atoms with Crippen LogP contribution in [0.5, 0.6) is 0 Å². The Morgan fingerprint density at radius 2 is 2.31 bits per heavy atom. The van der Waals surface area contributed by atoms with Crippen molar-refractivity contribution in [1.29, 1.82) is 0 Å². The van der Waals surface area contributed by atoms with Gasteiger partial charge in [0.1, 0.15) is 4.64 Å². The molecule has 72 valence electrons. The van der Waals surface area contributed by atoms with Crippen LogP contribution >= 0.6 is 24.8 Å². The number of hydrogen-bond donors (Lipinski definition) is 3. The molecule has 0 aliphatic heterocycles. The number of nitrogens with one attached hydrogen (secondary N) is 1. The van der Waals surface area contributed by atoms with E-state index in [1.165, 1.54) is 0 Å². The lowest BCUT2D eigenvalue weighted by Gasteiger charge is -1.80. The van der Waals surface area contributed by atoms with Crippen molar-refractivity contribution in [2.75, 3.05) is 5.75 Å². The smallest absolute Gasteiger partial charge is 0.218 e. The second-order valence-corrected chi connectivity index (χ2v) is 3.05. The fourth-order valence-electron chi connectivity index (χ4n) is 0.487. The summed E-state index contributed by atoms with van der Waals surface area (Å²) in [5.41, 5.74) is 4.72. The third kappa shape index (κ3) is 9.10. The molecule has 1 aromatic heterocycles. The van der Waals surface area contributed by atoms with Gasteiger partial charge in [0.15, 0.2) is 0 Å². The van der Waals surface area contributed by atoms with Gasteiger partial charge >= 0.3 is 0 Å². The van der Waals surface area contributed by atoms with Crippen molar-refractivity contribution >= 4 is 30.8 Å². The molecule has 0 saturated heterocycles. The second-order valence-electron chi connectivity index (χ2n) is 2.17. The minimum absolute atomic E-state index is 0.287. The Kier molecular flexibility index (Phi) is 7.33. The number of nitrogens with two attached hydrogens (primary N) is 1. The molecule has 0 atom stereocenters. The summed E-state index contributed by atoms with van der Waals surface area (Å²) in [5.74, 6) is 0.264. The lowest BCUT2D eigenvalue weighted by atomic mass is 10.5. The van der Waals surface area contributed by atoms with Gasteiger partial charge in [-0.15, -0.1) is 0 Å². The first-order valence-electron chi connectivity index (χ1n) is 3.69. The largest absolute Gasteiger partial charge is 0.370 e. The molecule has 5 heteroatoms. The first-order chi connectivity index (χ1) is 6.16. The molecule has 3 nitrogen and oxygen atoms in total. The van der Waals surface area contributed by atoms with Crippen molar-refractivity contribution in [1.82, 2.24) is 4.98 Å². The Hall–Kier alpha value is -0.810. The van der Waals surface area contributed by atoms with Gasteiger partial charge in [-0.1, -0.05) is 18.3 Å². The Morgan fingerprint density at radius 1 is 1.62 bits per heavy atom. The number of amides is 1. The molecule has 0 bridgehead atoms. The number of aromatic amines is 1. The maximum Gasteiger partial charge on any atom is 0.218 e. The fourth-order valence-corrected chi connectivity index (χ4v) is 0.854. The Bertz CT molecular complexity index is 281. The van der Waals surface area contributed by atoms with Gasteiger partial charge in [0.05, 0.1) is 0 Å². The molecule has 0 aliphatic rings. The highest BCUT2D eigenvalue weighted by molar-refractivity contribution is 7.80. The van der Waals surface area contributed by atoms with Crippen LogP contribution in [-0.4, -0.2) is 16.6 Å². The second kappa shape index (κ2) is 7.82. The molecule has 1 amide bonds. The van der Waals surface area contributed by atoms with Gasteiger partial charge in [-0.05, 0) is 17.9 Å². The number of primary amides is 1. The molecular formula is C8H12N2OS2. The van der Waals surface area contributed by atoms with E-state index in [-0.39, 0.29) is 5.91 Å². The molecule has 0 fully saturated rings. The summed E-state index contributed by atoms with van der Waals surface area (Å²) in [4.78, 5) is 12.6. The first kappa shape index (κ1) is 12.2. The van der Waals surface area contributed by atoms with E-state index in [4.69, 9.17) is 18.0 Å². The predicted octanol–water partition coefficient (Wildman–Crippen LogP) is 1.54. The number of H-pyrrole nitrogens is 1. The SMILES string of the molecule is NC(=O)CCS.S=c1cccc[nH]1. The quantitative estimate of drug-likeness (QED) is 0.519. The zero-order valence-electron chi connectivity index (χ0n) is 7.06. The summed E-state index contributed by atoms with van der Waals surface area (Å²) in [6.07, 6.45) is 2.19. The molecule has 0 radical (unpaired) electrons. The number of carbonyl (C=O) groups excluding carboxylic acids is 1. The molecule has 13 heavy (non-hydrogen) atoms. The number of aromatic nitrogens is 1. The summed E-state index contributed by atoms with van der Waals surface area (Å²) < 4.78 is 0.780. The first-order valence-corrected chi connectivity index (χ1v) is 4.73. The molecule has 1 heterocycles. The third-order valence-corrected chi connectivity index (χ3v) is 1.52. The van der Waals surface area contributed by atoms with E-state index in [1.54, 1.807) is 0 Å². The van der Waals surface area contributed by atoms with Crippen molar-refractivity contribution < 1.29 is 4.79 Å². The molecule has 1 aromatic rings. The van der Waals surface area contributed by atoms with Crippen LogP contribution in [0.15, 0.2) is 24.4 Å². The Labute approximate surface area is 87.8 Å². The number of pyridine rings is 1. The van der Waals surface area contributed by atoms with Gasteiger partial charge in [0.2, 0.25) is 5.91 Å². The molecule has 0 aromatic carbocycles. The van der Waals surface area contributed by atoms with E-state index in [2.05, 4.69) is 17.6 Å². The summed E-state index contributed by atoms with van der Waals surface area (Å²) in [6.45, 7) is 0. The lowest BCUT2D eigenvalue weighted by Crippen LogP contribution is -2.09. The molecule has 3 N–H and O–H groups in total. The number of hydrogen-bond acceptors (Lipinski definition) is 3. The van der Waals surface area contributed by atoms with Crippen LogP contribution in [0, 0.1) is 4.64 Å². The Balaban J connectivity index is 0.000000226. The number of rotatable bonds is 2. The molecule has 0 aliphatic carbocycles. The average molecular weight is 216 g/mol. The van der Waals surface area contributed by atoms with E-state index in [0.29, 0.717) is 12.2 Å². The number of carbonyl (C=O) groups is 1. The standard InChI is InChI=1S/C5H5NS.C3H7NOS/c7-5-3-1-2-4-6-5;4-3(5)1-2-6/h1-4H,(H,6,7);6H,1-2H2,(H2,4,5). The van der Waals surface area contributed by atoms with Crippen LogP contribution in [0.3, 0.4) is 0 Å². The molecular weight excluding hydrogens is 204 g/mol. The molecule has 0 unspecified atom stereocenters. The van der Waals surface area contributed by atoms with E-state index in [1.807, 2.05) is 24.4 Å². The average Bonchev–Trinajstić information content (AvgIpc) is 2.06. The van der Waals surface area contributed by atoms with E-state index in [0.717, 1.165) is 4.64 Å². The molecule has 0 spiro atoms. The molecule has 0 saturated carbocycles. The topological polar surface area (TPSA) is 58.9 Å². The summed E-state index contributed by atoms with van der Waals surface area (Å²) in [7, 11) is 0. The van der Waals surface area contributed by atoms with E-state index >= 15 is 0 Å². The highest BCUT2D eigenvalue weighted by atomic mass is 32.1. The normalized spacial score (nSPS) is 8.38. The fraction of sp³-hybridized carbons (Fsp3) is 0.250. The van der Waals surface area contributed by atoms with Crippen molar-refractivity contribution in [3.8, 4) is 0 Å². The van der Waals surface area contributed by atoms with Crippen molar-refractivity contribution in [2.45, 2.75) is 6.42 Å². The van der Waals surface area contributed by atoms with Gasteiger partial charge in [-0.3, -0.25) is 4.79 Å².